The summed E-state index contributed by atoms with van der Waals surface area (Å²) in [6, 6.07) is 4.81. The number of hydrogen-bond acceptors (Lipinski definition) is 6. The highest BCUT2D eigenvalue weighted by Crippen LogP contribution is 2.30. The van der Waals surface area contributed by atoms with Crippen molar-refractivity contribution in [2.45, 2.75) is 25.8 Å². The third-order valence-corrected chi connectivity index (χ3v) is 3.78. The number of benzene rings is 1. The number of ether oxygens (including phenoxy) is 2. The fraction of sp³-hybridized carbons (Fsp3) is 0.533. The molecular formula is C15H21N3O5. The fourth-order valence-corrected chi connectivity index (χ4v) is 2.55. The number of nitro benzene ring substituents is 1. The number of rotatable bonds is 5. The molecule has 0 aromatic heterocycles. The number of carbonyl (C=O) groups excluding carboxylic acids is 1. The molecule has 1 aliphatic rings. The van der Waals surface area contributed by atoms with Gasteiger partial charge in [-0.2, -0.15) is 0 Å². The SMILES string of the molecule is CCOC(=O)N1CCC(Nc2ccc(OC)cc2[N+](=O)[O-])CC1. The summed E-state index contributed by atoms with van der Waals surface area (Å²) >= 11 is 0. The average Bonchev–Trinajstić information content (AvgIpc) is 2.56. The summed E-state index contributed by atoms with van der Waals surface area (Å²) < 4.78 is 10.00. The van der Waals surface area contributed by atoms with Crippen molar-refractivity contribution in [3.05, 3.63) is 28.3 Å². The van der Waals surface area contributed by atoms with Gasteiger partial charge in [0.15, 0.2) is 0 Å². The van der Waals surface area contributed by atoms with Crippen molar-refractivity contribution in [2.24, 2.45) is 0 Å². The van der Waals surface area contributed by atoms with Crippen molar-refractivity contribution >= 4 is 17.5 Å². The molecule has 1 aliphatic heterocycles. The minimum Gasteiger partial charge on any atom is -0.496 e. The van der Waals surface area contributed by atoms with Crippen molar-refractivity contribution in [3.63, 3.8) is 0 Å². The lowest BCUT2D eigenvalue weighted by atomic mass is 10.0. The maximum absolute atomic E-state index is 11.7. The molecule has 8 heteroatoms. The Morgan fingerprint density at radius 1 is 1.43 bits per heavy atom. The van der Waals surface area contributed by atoms with Crippen molar-refractivity contribution in [1.29, 1.82) is 0 Å². The lowest BCUT2D eigenvalue weighted by Gasteiger charge is -2.32. The van der Waals surface area contributed by atoms with Crippen LogP contribution in [0.5, 0.6) is 5.75 Å². The minimum atomic E-state index is -0.432. The second-order valence-corrected chi connectivity index (χ2v) is 5.24. The Kier molecular flexibility index (Phi) is 5.61. The number of nitrogens with one attached hydrogen (secondary N) is 1. The van der Waals surface area contributed by atoms with Gasteiger partial charge in [-0.3, -0.25) is 10.1 Å². The summed E-state index contributed by atoms with van der Waals surface area (Å²) in [5.74, 6) is 0.444. The van der Waals surface area contributed by atoms with Gasteiger partial charge in [0.1, 0.15) is 11.4 Å². The second kappa shape index (κ2) is 7.66. The first kappa shape index (κ1) is 16.9. The van der Waals surface area contributed by atoms with Gasteiger partial charge in [-0.25, -0.2) is 4.79 Å². The highest BCUT2D eigenvalue weighted by atomic mass is 16.6. The van der Waals surface area contributed by atoms with Gasteiger partial charge in [0, 0.05) is 19.1 Å². The van der Waals surface area contributed by atoms with Crippen LogP contribution in [0.1, 0.15) is 19.8 Å². The summed E-state index contributed by atoms with van der Waals surface area (Å²) in [5, 5.41) is 14.4. The topological polar surface area (TPSA) is 93.9 Å². The first-order chi connectivity index (χ1) is 11.0. The second-order valence-electron chi connectivity index (χ2n) is 5.24. The third-order valence-electron chi connectivity index (χ3n) is 3.78. The van der Waals surface area contributed by atoms with Crippen molar-refractivity contribution in [3.8, 4) is 5.75 Å². The molecule has 0 aliphatic carbocycles. The van der Waals surface area contributed by atoms with E-state index in [2.05, 4.69) is 5.32 Å². The molecule has 2 rings (SSSR count). The molecule has 1 aromatic carbocycles. The standard InChI is InChI=1S/C15H21N3O5/c1-3-23-15(19)17-8-6-11(7-9-17)16-13-5-4-12(22-2)10-14(13)18(20)21/h4-5,10-11,16H,3,6-9H2,1-2H3. The number of methoxy groups -OCH3 is 1. The maximum Gasteiger partial charge on any atom is 0.409 e. The fourth-order valence-electron chi connectivity index (χ4n) is 2.55. The molecule has 8 nitrogen and oxygen atoms in total. The van der Waals surface area contributed by atoms with E-state index in [4.69, 9.17) is 9.47 Å². The molecule has 1 fully saturated rings. The number of carbonyl (C=O) groups is 1. The Morgan fingerprint density at radius 2 is 2.13 bits per heavy atom. The first-order valence-corrected chi connectivity index (χ1v) is 7.55. The first-order valence-electron chi connectivity index (χ1n) is 7.55. The van der Waals surface area contributed by atoms with Crippen molar-refractivity contribution < 1.29 is 19.2 Å². The molecule has 23 heavy (non-hydrogen) atoms. The van der Waals surface area contributed by atoms with Crippen LogP contribution in [0, 0.1) is 10.1 Å². The van der Waals surface area contributed by atoms with Crippen molar-refractivity contribution in [2.75, 3.05) is 32.1 Å². The van der Waals surface area contributed by atoms with E-state index < -0.39 is 4.92 Å². The van der Waals surface area contributed by atoms with Crippen LogP contribution in [0.25, 0.3) is 0 Å². The summed E-state index contributed by atoms with van der Waals surface area (Å²) in [4.78, 5) is 24.1. The van der Waals surface area contributed by atoms with Gasteiger partial charge in [-0.05, 0) is 31.9 Å². The highest BCUT2D eigenvalue weighted by molar-refractivity contribution is 5.68. The Bertz CT molecular complexity index is 570. The van der Waals surface area contributed by atoms with Gasteiger partial charge in [0.05, 0.1) is 24.7 Å². The maximum atomic E-state index is 11.7. The minimum absolute atomic E-state index is 0.0165. The molecule has 0 saturated carbocycles. The van der Waals surface area contributed by atoms with E-state index in [1.807, 2.05) is 0 Å². The summed E-state index contributed by atoms with van der Waals surface area (Å²) in [6.07, 6.45) is 1.12. The number of anilines is 1. The van der Waals surface area contributed by atoms with E-state index in [9.17, 15) is 14.9 Å². The zero-order valence-corrected chi connectivity index (χ0v) is 13.3. The van der Waals surface area contributed by atoms with Gasteiger partial charge >= 0.3 is 6.09 Å². The van der Waals surface area contributed by atoms with Gasteiger partial charge in [0.2, 0.25) is 0 Å². The quantitative estimate of drug-likeness (QED) is 0.661. The molecule has 0 bridgehead atoms. The molecule has 1 amide bonds. The van der Waals surface area contributed by atoms with Crippen LogP contribution in [0.4, 0.5) is 16.2 Å². The lowest BCUT2D eigenvalue weighted by molar-refractivity contribution is -0.384. The Labute approximate surface area is 134 Å². The van der Waals surface area contributed by atoms with E-state index in [0.29, 0.717) is 44.0 Å². The predicted molar refractivity (Wildman–Crippen MR) is 84.9 cm³/mol. The van der Waals surface area contributed by atoms with Crippen LogP contribution in [0.3, 0.4) is 0 Å². The largest absolute Gasteiger partial charge is 0.496 e. The number of nitro groups is 1. The number of likely N-dealkylation sites (tertiary alicyclic amines) is 1. The molecule has 0 spiro atoms. The van der Waals surface area contributed by atoms with Gasteiger partial charge < -0.3 is 19.7 Å². The molecule has 0 unspecified atom stereocenters. The zero-order valence-electron chi connectivity index (χ0n) is 13.3. The van der Waals surface area contributed by atoms with Crippen LogP contribution in [0.2, 0.25) is 0 Å². The molecular weight excluding hydrogens is 302 g/mol. The van der Waals surface area contributed by atoms with Crippen LogP contribution in [-0.4, -0.2) is 48.8 Å². The van der Waals surface area contributed by atoms with E-state index in [1.165, 1.54) is 13.2 Å². The molecule has 1 heterocycles. The molecule has 1 saturated heterocycles. The summed E-state index contributed by atoms with van der Waals surface area (Å²) in [7, 11) is 1.47. The molecule has 1 aromatic rings. The van der Waals surface area contributed by atoms with Gasteiger partial charge in [-0.1, -0.05) is 0 Å². The van der Waals surface area contributed by atoms with Crippen LogP contribution in [0.15, 0.2) is 18.2 Å². The van der Waals surface area contributed by atoms with Crippen LogP contribution < -0.4 is 10.1 Å². The van der Waals surface area contributed by atoms with Crippen LogP contribution >= 0.6 is 0 Å². The zero-order chi connectivity index (χ0) is 16.8. The number of piperidine rings is 1. The van der Waals surface area contributed by atoms with E-state index in [-0.39, 0.29) is 17.8 Å². The molecule has 0 atom stereocenters. The summed E-state index contributed by atoms with van der Waals surface area (Å²) in [6.45, 7) is 3.27. The Morgan fingerprint density at radius 3 is 2.70 bits per heavy atom. The van der Waals surface area contributed by atoms with E-state index >= 15 is 0 Å². The molecule has 0 radical (unpaired) electrons. The number of nitrogens with zero attached hydrogens (tertiary/aromatic N) is 2. The van der Waals surface area contributed by atoms with Crippen molar-refractivity contribution in [1.82, 2.24) is 4.90 Å². The number of hydrogen-bond donors (Lipinski definition) is 1. The predicted octanol–water partition coefficient (Wildman–Crippen LogP) is 2.64. The normalized spacial score (nSPS) is 15.1. The molecule has 1 N–H and O–H groups in total. The average molecular weight is 323 g/mol. The Hall–Kier alpha value is -2.51. The smallest absolute Gasteiger partial charge is 0.409 e. The Balaban J connectivity index is 1.99. The van der Waals surface area contributed by atoms with E-state index in [0.717, 1.165) is 0 Å². The van der Waals surface area contributed by atoms with Crippen LogP contribution in [-0.2, 0) is 4.74 Å². The highest BCUT2D eigenvalue weighted by Gasteiger charge is 2.25. The van der Waals surface area contributed by atoms with E-state index in [1.54, 1.807) is 24.0 Å². The monoisotopic (exact) mass is 323 g/mol. The summed E-state index contributed by atoms with van der Waals surface area (Å²) in [5.41, 5.74) is 0.447. The number of amides is 1. The molecule has 126 valence electrons. The van der Waals surface area contributed by atoms with Gasteiger partial charge in [0.25, 0.3) is 5.69 Å². The lowest BCUT2D eigenvalue weighted by Crippen LogP contribution is -2.42. The van der Waals surface area contributed by atoms with Gasteiger partial charge in [-0.15, -0.1) is 0 Å². The third kappa shape index (κ3) is 4.24.